The third-order valence-corrected chi connectivity index (χ3v) is 2.84. The van der Waals surface area contributed by atoms with Crippen LogP contribution in [0.2, 0.25) is 0 Å². The van der Waals surface area contributed by atoms with Crippen LogP contribution in [-0.2, 0) is 14.3 Å². The molecule has 4 nitrogen and oxygen atoms in total. The van der Waals surface area contributed by atoms with Crippen molar-refractivity contribution >= 4 is 5.78 Å². The Morgan fingerprint density at radius 1 is 1.36 bits per heavy atom. The highest BCUT2D eigenvalue weighted by Crippen LogP contribution is 2.25. The Balaban J connectivity index is 2.08. The first-order valence-electron chi connectivity index (χ1n) is 4.94. The van der Waals surface area contributed by atoms with Gasteiger partial charge in [0.1, 0.15) is 0 Å². The van der Waals surface area contributed by atoms with E-state index in [2.05, 4.69) is 0 Å². The van der Waals surface area contributed by atoms with Crippen LogP contribution in [0.3, 0.4) is 0 Å². The monoisotopic (exact) mass is 197 g/mol. The van der Waals surface area contributed by atoms with Crippen molar-refractivity contribution in [1.29, 1.82) is 0 Å². The number of ketones is 1. The smallest absolute Gasteiger partial charge is 0.181 e. The van der Waals surface area contributed by atoms with Crippen molar-refractivity contribution in [2.75, 3.05) is 19.8 Å². The molecule has 0 aromatic carbocycles. The fourth-order valence-electron chi connectivity index (χ4n) is 1.84. The van der Waals surface area contributed by atoms with Crippen molar-refractivity contribution in [3.05, 3.63) is 11.8 Å². The van der Waals surface area contributed by atoms with E-state index in [-0.39, 0.29) is 5.78 Å². The van der Waals surface area contributed by atoms with E-state index >= 15 is 0 Å². The first-order valence-corrected chi connectivity index (χ1v) is 4.94. The zero-order chi connectivity index (χ0) is 10.0. The maximum atomic E-state index is 12.0. The lowest BCUT2D eigenvalue weighted by Crippen LogP contribution is -2.52. The molecule has 14 heavy (non-hydrogen) atoms. The van der Waals surface area contributed by atoms with E-state index in [1.54, 1.807) is 6.26 Å². The summed E-state index contributed by atoms with van der Waals surface area (Å²) >= 11 is 0. The predicted molar refractivity (Wildman–Crippen MR) is 50.6 cm³/mol. The molecule has 0 amide bonds. The molecule has 0 aromatic rings. The maximum Gasteiger partial charge on any atom is 0.181 e. The normalized spacial score (nSPS) is 25.4. The van der Waals surface area contributed by atoms with Crippen LogP contribution in [0.25, 0.3) is 0 Å². The van der Waals surface area contributed by atoms with Gasteiger partial charge in [0.2, 0.25) is 0 Å². The Bertz CT molecular complexity index is 267. The molecule has 0 saturated carbocycles. The minimum atomic E-state index is -0.711. The van der Waals surface area contributed by atoms with Gasteiger partial charge in [0.25, 0.3) is 0 Å². The topological polar surface area (TPSA) is 61.6 Å². The second kappa shape index (κ2) is 3.71. The Morgan fingerprint density at radius 2 is 2.07 bits per heavy atom. The molecule has 2 aliphatic heterocycles. The molecule has 1 fully saturated rings. The summed E-state index contributed by atoms with van der Waals surface area (Å²) in [6, 6.07) is 0. The first kappa shape index (κ1) is 9.68. The number of ether oxygens (including phenoxy) is 2. The van der Waals surface area contributed by atoms with Crippen LogP contribution in [-0.4, -0.2) is 31.1 Å². The highest BCUT2D eigenvalue weighted by atomic mass is 16.5. The van der Waals surface area contributed by atoms with Crippen LogP contribution < -0.4 is 5.73 Å². The van der Waals surface area contributed by atoms with Gasteiger partial charge in [0, 0.05) is 25.2 Å². The van der Waals surface area contributed by atoms with Gasteiger partial charge in [-0.05, 0) is 12.8 Å². The lowest BCUT2D eigenvalue weighted by atomic mass is 9.83. The molecular weight excluding hydrogens is 182 g/mol. The largest absolute Gasteiger partial charge is 0.500 e. The van der Waals surface area contributed by atoms with E-state index in [4.69, 9.17) is 15.2 Å². The van der Waals surface area contributed by atoms with Crippen LogP contribution in [0, 0.1) is 0 Å². The molecule has 2 rings (SSSR count). The lowest BCUT2D eigenvalue weighted by molar-refractivity contribution is -0.123. The number of carbonyl (C=O) groups excluding carboxylic acids is 1. The molecule has 0 spiro atoms. The van der Waals surface area contributed by atoms with Gasteiger partial charge in [-0.3, -0.25) is 4.79 Å². The van der Waals surface area contributed by atoms with E-state index in [1.807, 2.05) is 0 Å². The quantitative estimate of drug-likeness (QED) is 0.694. The van der Waals surface area contributed by atoms with Crippen molar-refractivity contribution in [3.63, 3.8) is 0 Å². The molecule has 2 aliphatic rings. The number of nitrogens with two attached hydrogens (primary N) is 1. The third-order valence-electron chi connectivity index (χ3n) is 2.84. The van der Waals surface area contributed by atoms with E-state index in [0.29, 0.717) is 39.1 Å². The number of hydrogen-bond donors (Lipinski definition) is 1. The molecule has 0 aromatic heterocycles. The van der Waals surface area contributed by atoms with Gasteiger partial charge in [-0.15, -0.1) is 0 Å². The zero-order valence-electron chi connectivity index (χ0n) is 8.12. The SMILES string of the molecule is NC1(C(=O)C2=COCC2)CCOCC1. The number of hydrogen-bond acceptors (Lipinski definition) is 4. The average Bonchev–Trinajstić information content (AvgIpc) is 2.70. The summed E-state index contributed by atoms with van der Waals surface area (Å²) in [6.07, 6.45) is 3.47. The average molecular weight is 197 g/mol. The molecule has 2 N–H and O–H groups in total. The van der Waals surface area contributed by atoms with E-state index in [9.17, 15) is 4.79 Å². The second-order valence-corrected chi connectivity index (χ2v) is 3.86. The second-order valence-electron chi connectivity index (χ2n) is 3.86. The van der Waals surface area contributed by atoms with Gasteiger partial charge < -0.3 is 15.2 Å². The Kier molecular flexibility index (Phi) is 2.56. The van der Waals surface area contributed by atoms with Crippen molar-refractivity contribution < 1.29 is 14.3 Å². The molecule has 4 heteroatoms. The molecule has 0 bridgehead atoms. The summed E-state index contributed by atoms with van der Waals surface area (Å²) in [7, 11) is 0. The fraction of sp³-hybridized carbons (Fsp3) is 0.700. The molecule has 0 radical (unpaired) electrons. The van der Waals surface area contributed by atoms with E-state index in [1.165, 1.54) is 0 Å². The summed E-state index contributed by atoms with van der Waals surface area (Å²) < 4.78 is 10.2. The molecule has 1 saturated heterocycles. The standard InChI is InChI=1S/C10H15NO3/c11-10(2-5-13-6-3-10)9(12)8-1-4-14-7-8/h7H,1-6,11H2. The van der Waals surface area contributed by atoms with Crippen molar-refractivity contribution in [2.45, 2.75) is 24.8 Å². The van der Waals surface area contributed by atoms with Gasteiger partial charge in [-0.25, -0.2) is 0 Å². The molecule has 78 valence electrons. The van der Waals surface area contributed by atoms with Crippen LogP contribution in [0.4, 0.5) is 0 Å². The molecule has 0 aliphatic carbocycles. The molecule has 0 atom stereocenters. The van der Waals surface area contributed by atoms with Crippen LogP contribution >= 0.6 is 0 Å². The fourth-order valence-corrected chi connectivity index (χ4v) is 1.84. The zero-order valence-corrected chi connectivity index (χ0v) is 8.12. The highest BCUT2D eigenvalue weighted by Gasteiger charge is 2.38. The Labute approximate surface area is 83.1 Å². The third kappa shape index (κ3) is 1.67. The Morgan fingerprint density at radius 3 is 2.64 bits per heavy atom. The first-order chi connectivity index (χ1) is 6.72. The van der Waals surface area contributed by atoms with E-state index < -0.39 is 5.54 Å². The number of Topliss-reactive ketones (excluding diaryl/α,β-unsaturated/α-hetero) is 1. The predicted octanol–water partition coefficient (Wildman–Crippen LogP) is 0.368. The summed E-state index contributed by atoms with van der Waals surface area (Å²) in [5.41, 5.74) is 6.08. The summed E-state index contributed by atoms with van der Waals surface area (Å²) in [6.45, 7) is 1.76. The molecule has 0 unspecified atom stereocenters. The van der Waals surface area contributed by atoms with Gasteiger partial charge in [0.05, 0.1) is 18.4 Å². The minimum absolute atomic E-state index is 0.0401. The highest BCUT2D eigenvalue weighted by molar-refractivity contribution is 6.02. The number of rotatable bonds is 2. The maximum absolute atomic E-state index is 12.0. The lowest BCUT2D eigenvalue weighted by Gasteiger charge is -2.31. The van der Waals surface area contributed by atoms with Gasteiger partial charge >= 0.3 is 0 Å². The summed E-state index contributed by atoms with van der Waals surface area (Å²) in [5.74, 6) is 0.0401. The van der Waals surface area contributed by atoms with Crippen LogP contribution in [0.1, 0.15) is 19.3 Å². The van der Waals surface area contributed by atoms with Crippen molar-refractivity contribution in [1.82, 2.24) is 0 Å². The Hall–Kier alpha value is -0.870. The van der Waals surface area contributed by atoms with Crippen molar-refractivity contribution in [3.8, 4) is 0 Å². The van der Waals surface area contributed by atoms with Gasteiger partial charge in [-0.1, -0.05) is 0 Å². The summed E-state index contributed by atoms with van der Waals surface area (Å²) in [5, 5.41) is 0. The minimum Gasteiger partial charge on any atom is -0.500 e. The van der Waals surface area contributed by atoms with Gasteiger partial charge in [-0.2, -0.15) is 0 Å². The van der Waals surface area contributed by atoms with E-state index in [0.717, 1.165) is 5.57 Å². The van der Waals surface area contributed by atoms with Crippen LogP contribution in [0.15, 0.2) is 11.8 Å². The molecule has 2 heterocycles. The van der Waals surface area contributed by atoms with Gasteiger partial charge in [0.15, 0.2) is 5.78 Å². The molecular formula is C10H15NO3. The van der Waals surface area contributed by atoms with Crippen molar-refractivity contribution in [2.24, 2.45) is 5.73 Å². The van der Waals surface area contributed by atoms with Crippen LogP contribution in [0.5, 0.6) is 0 Å². The number of carbonyl (C=O) groups is 1. The summed E-state index contributed by atoms with van der Waals surface area (Å²) in [4.78, 5) is 12.0.